The Morgan fingerprint density at radius 2 is 0.935 bits per heavy atom. The highest BCUT2D eigenvalue weighted by Crippen LogP contribution is 2.19. The third-order valence-electron chi connectivity index (χ3n) is 5.62. The van der Waals surface area contributed by atoms with Crippen molar-refractivity contribution in [3.05, 3.63) is 107 Å². The van der Waals surface area contributed by atoms with Gasteiger partial charge in [-0.1, -0.05) is 69.6 Å². The van der Waals surface area contributed by atoms with Crippen LogP contribution in [0.1, 0.15) is 32.1 Å². The summed E-state index contributed by atoms with van der Waals surface area (Å²) in [5.74, 6) is -1.32. The van der Waals surface area contributed by atoms with Crippen LogP contribution in [0.3, 0.4) is 0 Å². The number of hydrogen-bond acceptors (Lipinski definition) is 12. The number of anilines is 4. The zero-order valence-electron chi connectivity index (χ0n) is 23.4. The summed E-state index contributed by atoms with van der Waals surface area (Å²) >= 11 is 1.70. The van der Waals surface area contributed by atoms with Crippen LogP contribution in [0.2, 0.25) is 0 Å². The molecule has 5 aromatic rings. The Morgan fingerprint density at radius 1 is 0.543 bits per heavy atom. The van der Waals surface area contributed by atoms with Gasteiger partial charge in [0, 0.05) is 34.4 Å². The van der Waals surface area contributed by atoms with E-state index < -0.39 is 23.9 Å². The topological polar surface area (TPSA) is 217 Å². The van der Waals surface area contributed by atoms with Crippen LogP contribution in [0.25, 0.3) is 0 Å². The lowest BCUT2D eigenvalue weighted by Crippen LogP contribution is -2.23. The Morgan fingerprint density at radius 3 is 1.33 bits per heavy atom. The van der Waals surface area contributed by atoms with Gasteiger partial charge in [-0.25, -0.2) is 20.4 Å². The van der Waals surface area contributed by atoms with Crippen molar-refractivity contribution in [1.29, 1.82) is 0 Å². The zero-order chi connectivity index (χ0) is 32.1. The van der Waals surface area contributed by atoms with Gasteiger partial charge in [0.1, 0.15) is 0 Å². The second-order valence-corrected chi connectivity index (χ2v) is 10.4. The van der Waals surface area contributed by atoms with Gasteiger partial charge in [0.15, 0.2) is 21.4 Å². The molecule has 0 aliphatic heterocycles. The van der Waals surface area contributed by atoms with Crippen molar-refractivity contribution < 1.29 is 19.2 Å². The lowest BCUT2D eigenvalue weighted by Gasteiger charge is -2.06. The van der Waals surface area contributed by atoms with E-state index in [1.54, 1.807) is 72.8 Å². The molecule has 230 valence electrons. The lowest BCUT2D eigenvalue weighted by molar-refractivity contribution is 0.0943. The molecule has 0 aliphatic carbocycles. The Hall–Kier alpha value is -6.40. The number of carbonyl (C=O) groups is 4. The SMILES string of the molecule is O=C(Nc1ccccc1)Nc1snnc1C(=O)NN=Cc1ccc(/C=N\NC(=O)c2nnsc2NC(=O)Nc2ccccc2)cc1. The molecular weight excluding hydrogens is 633 g/mol. The molecule has 0 unspecified atom stereocenters. The van der Waals surface area contributed by atoms with E-state index in [0.717, 1.165) is 23.1 Å². The summed E-state index contributed by atoms with van der Waals surface area (Å²) in [4.78, 5) is 49.6. The third-order valence-corrected chi connectivity index (χ3v) is 6.90. The van der Waals surface area contributed by atoms with Crippen molar-refractivity contribution in [3.8, 4) is 0 Å². The summed E-state index contributed by atoms with van der Waals surface area (Å²) in [5.41, 5.74) is 6.97. The molecule has 0 saturated carbocycles. The van der Waals surface area contributed by atoms with Gasteiger partial charge < -0.3 is 10.6 Å². The molecule has 0 bridgehead atoms. The van der Waals surface area contributed by atoms with E-state index >= 15 is 0 Å². The molecule has 3 aromatic carbocycles. The minimum atomic E-state index is -0.662. The molecule has 0 fully saturated rings. The minimum Gasteiger partial charge on any atom is -0.308 e. The third kappa shape index (κ3) is 8.81. The van der Waals surface area contributed by atoms with Gasteiger partial charge in [0.25, 0.3) is 11.8 Å². The van der Waals surface area contributed by atoms with Crippen molar-refractivity contribution >= 4 is 80.7 Å². The van der Waals surface area contributed by atoms with E-state index in [1.807, 2.05) is 12.1 Å². The van der Waals surface area contributed by atoms with Crippen LogP contribution in [-0.4, -0.2) is 55.5 Å². The fourth-order valence-corrected chi connectivity index (χ4v) is 4.65. The standard InChI is InChI=1S/C28H22N12O4S2/c41-23(21-25(45-39-35-21)33-27(43)31-19-7-3-1-4-8-19)37-29-15-17-11-13-18(14-12-17)16-30-38-24(42)22-26(46-40-36-22)34-28(44)32-20-9-5-2-6-10-20/h1-16H,(H,37,41)(H,38,42)(H2,31,33,43)(H2,32,34,44)/b29-15-,30-16?. The Labute approximate surface area is 268 Å². The van der Waals surface area contributed by atoms with Gasteiger partial charge in [-0.15, -0.1) is 10.2 Å². The predicted molar refractivity (Wildman–Crippen MR) is 175 cm³/mol. The average molecular weight is 655 g/mol. The number of aromatic nitrogens is 4. The van der Waals surface area contributed by atoms with E-state index in [9.17, 15) is 19.2 Å². The predicted octanol–water partition coefficient (Wildman–Crippen LogP) is 4.21. The lowest BCUT2D eigenvalue weighted by atomic mass is 10.2. The molecule has 2 aromatic heterocycles. The van der Waals surface area contributed by atoms with Crippen molar-refractivity contribution in [2.24, 2.45) is 10.2 Å². The maximum absolute atomic E-state index is 12.5. The first-order valence-electron chi connectivity index (χ1n) is 13.1. The molecule has 16 nitrogen and oxygen atoms in total. The van der Waals surface area contributed by atoms with Gasteiger partial charge >= 0.3 is 12.1 Å². The van der Waals surface area contributed by atoms with Crippen LogP contribution < -0.4 is 32.1 Å². The van der Waals surface area contributed by atoms with Gasteiger partial charge in [-0.2, -0.15) is 10.2 Å². The number of amides is 6. The molecular formula is C28H22N12O4S2. The van der Waals surface area contributed by atoms with Crippen LogP contribution in [-0.2, 0) is 0 Å². The molecule has 18 heteroatoms. The highest BCUT2D eigenvalue weighted by Gasteiger charge is 2.19. The van der Waals surface area contributed by atoms with Gasteiger partial charge in [-0.05, 0) is 35.4 Å². The van der Waals surface area contributed by atoms with Gasteiger partial charge in [0.2, 0.25) is 0 Å². The number of hydrazone groups is 2. The molecule has 0 aliphatic rings. The summed E-state index contributed by atoms with van der Waals surface area (Å²) < 4.78 is 7.46. The number of carbonyl (C=O) groups excluding carboxylic acids is 4. The molecule has 6 N–H and O–H groups in total. The normalized spacial score (nSPS) is 10.8. The molecule has 0 atom stereocenters. The number of nitrogens with zero attached hydrogens (tertiary/aromatic N) is 6. The van der Waals surface area contributed by atoms with E-state index in [0.29, 0.717) is 22.5 Å². The number of rotatable bonds is 10. The molecule has 46 heavy (non-hydrogen) atoms. The molecule has 6 amide bonds. The van der Waals surface area contributed by atoms with Crippen LogP contribution >= 0.6 is 23.1 Å². The molecule has 0 spiro atoms. The van der Waals surface area contributed by atoms with Gasteiger partial charge in [-0.3, -0.25) is 20.2 Å². The number of benzene rings is 3. The van der Waals surface area contributed by atoms with Crippen molar-refractivity contribution in [2.45, 2.75) is 0 Å². The molecule has 0 radical (unpaired) electrons. The Balaban J connectivity index is 1.08. The first-order valence-corrected chi connectivity index (χ1v) is 14.7. The van der Waals surface area contributed by atoms with Crippen molar-refractivity contribution in [3.63, 3.8) is 0 Å². The largest absolute Gasteiger partial charge is 0.324 e. The summed E-state index contributed by atoms with van der Waals surface area (Å²) in [7, 11) is 0. The van der Waals surface area contributed by atoms with Crippen LogP contribution in [0, 0.1) is 0 Å². The number of urea groups is 2. The average Bonchev–Trinajstić information content (AvgIpc) is 3.72. The first kappa shape index (κ1) is 31.0. The minimum absolute atomic E-state index is 0.0919. The first-order chi connectivity index (χ1) is 22.4. The zero-order valence-corrected chi connectivity index (χ0v) is 25.0. The highest BCUT2D eigenvalue weighted by molar-refractivity contribution is 7.10. The quantitative estimate of drug-likeness (QED) is 0.0945. The van der Waals surface area contributed by atoms with Crippen molar-refractivity contribution in [1.82, 2.24) is 30.0 Å². The summed E-state index contributed by atoms with van der Waals surface area (Å²) in [6, 6.07) is 23.4. The van der Waals surface area contributed by atoms with Crippen LogP contribution in [0.15, 0.2) is 95.1 Å². The van der Waals surface area contributed by atoms with E-state index in [2.05, 4.69) is 61.5 Å². The smallest absolute Gasteiger partial charge is 0.308 e. The summed E-state index contributed by atoms with van der Waals surface area (Å²) in [5, 5.41) is 26.1. The van der Waals surface area contributed by atoms with Crippen LogP contribution in [0.5, 0.6) is 0 Å². The van der Waals surface area contributed by atoms with Crippen LogP contribution in [0.4, 0.5) is 31.0 Å². The Kier molecular flexibility index (Phi) is 10.4. The van der Waals surface area contributed by atoms with E-state index in [4.69, 9.17) is 0 Å². The fraction of sp³-hybridized carbons (Fsp3) is 0. The van der Waals surface area contributed by atoms with E-state index in [-0.39, 0.29) is 21.4 Å². The molecule has 0 saturated heterocycles. The highest BCUT2D eigenvalue weighted by atomic mass is 32.1. The number of nitrogens with one attached hydrogen (secondary N) is 6. The molecule has 5 rings (SSSR count). The summed E-state index contributed by atoms with van der Waals surface area (Å²) in [6.45, 7) is 0. The van der Waals surface area contributed by atoms with Crippen molar-refractivity contribution in [2.75, 3.05) is 21.3 Å². The summed E-state index contributed by atoms with van der Waals surface area (Å²) in [6.07, 6.45) is 2.82. The Bertz CT molecular complexity index is 1740. The number of hydrogen-bond donors (Lipinski definition) is 6. The van der Waals surface area contributed by atoms with E-state index in [1.165, 1.54) is 12.4 Å². The maximum atomic E-state index is 12.5. The maximum Gasteiger partial charge on any atom is 0.324 e. The second kappa shape index (κ2) is 15.4. The molecule has 2 heterocycles. The second-order valence-electron chi connectivity index (χ2n) is 8.86. The number of para-hydroxylation sites is 2. The fourth-order valence-electron chi connectivity index (χ4n) is 3.52. The van der Waals surface area contributed by atoms with Gasteiger partial charge in [0.05, 0.1) is 12.4 Å². The monoisotopic (exact) mass is 654 g/mol.